The van der Waals surface area contributed by atoms with Crippen LogP contribution in [0.4, 0.5) is 0 Å². The third kappa shape index (κ3) is 2.49. The summed E-state index contributed by atoms with van der Waals surface area (Å²) in [7, 11) is 5.36. The molecule has 0 radical (unpaired) electrons. The number of nitrogens with one attached hydrogen (secondary N) is 1. The zero-order valence-corrected chi connectivity index (χ0v) is 12.8. The Labute approximate surface area is 125 Å². The number of hydrogen-bond acceptors (Lipinski definition) is 3. The van der Waals surface area contributed by atoms with Gasteiger partial charge in [-0.1, -0.05) is 24.3 Å². The van der Waals surface area contributed by atoms with Crippen LogP contribution in [0.3, 0.4) is 0 Å². The Balaban J connectivity index is 1.98. The molecule has 0 spiro atoms. The topological polar surface area (TPSA) is 30.5 Å². The van der Waals surface area contributed by atoms with Crippen LogP contribution in [0.25, 0.3) is 11.1 Å². The predicted molar refractivity (Wildman–Crippen MR) is 85.1 cm³/mol. The molecule has 1 aliphatic carbocycles. The summed E-state index contributed by atoms with van der Waals surface area (Å²) in [5.41, 5.74) is 5.26. The fraction of sp³-hybridized carbons (Fsp3) is 0.333. The molecule has 1 N–H and O–H groups in total. The summed E-state index contributed by atoms with van der Waals surface area (Å²) >= 11 is 0. The fourth-order valence-electron chi connectivity index (χ4n) is 3.11. The van der Waals surface area contributed by atoms with Crippen LogP contribution in [-0.4, -0.2) is 21.3 Å². The SMILES string of the molecule is CNC1CCc2cc(-c3ccc(OC)c(OC)c3)ccc21. The Morgan fingerprint density at radius 1 is 0.952 bits per heavy atom. The Bertz CT molecular complexity index is 652. The van der Waals surface area contributed by atoms with E-state index in [2.05, 4.69) is 29.6 Å². The highest BCUT2D eigenvalue weighted by Gasteiger charge is 2.21. The van der Waals surface area contributed by atoms with E-state index in [-0.39, 0.29) is 0 Å². The first-order chi connectivity index (χ1) is 10.3. The van der Waals surface area contributed by atoms with Gasteiger partial charge < -0.3 is 14.8 Å². The molecule has 1 aliphatic rings. The number of benzene rings is 2. The Kier molecular flexibility index (Phi) is 3.84. The van der Waals surface area contributed by atoms with Crippen molar-refractivity contribution in [2.45, 2.75) is 18.9 Å². The summed E-state index contributed by atoms with van der Waals surface area (Å²) in [6.45, 7) is 0. The van der Waals surface area contributed by atoms with Crippen molar-refractivity contribution in [3.05, 3.63) is 47.5 Å². The van der Waals surface area contributed by atoms with Crippen LogP contribution in [-0.2, 0) is 6.42 Å². The molecular formula is C18H21NO2. The van der Waals surface area contributed by atoms with Crippen LogP contribution in [0.2, 0.25) is 0 Å². The van der Waals surface area contributed by atoms with Gasteiger partial charge in [-0.3, -0.25) is 0 Å². The lowest BCUT2D eigenvalue weighted by molar-refractivity contribution is 0.355. The van der Waals surface area contributed by atoms with Crippen LogP contribution < -0.4 is 14.8 Å². The Morgan fingerprint density at radius 3 is 2.38 bits per heavy atom. The van der Waals surface area contributed by atoms with E-state index in [4.69, 9.17) is 9.47 Å². The van der Waals surface area contributed by atoms with E-state index in [1.807, 2.05) is 19.2 Å². The summed E-state index contributed by atoms with van der Waals surface area (Å²) in [5.74, 6) is 1.53. The van der Waals surface area contributed by atoms with Gasteiger partial charge in [0.15, 0.2) is 11.5 Å². The number of aryl methyl sites for hydroxylation is 1. The van der Waals surface area contributed by atoms with E-state index in [0.29, 0.717) is 6.04 Å². The smallest absolute Gasteiger partial charge is 0.161 e. The van der Waals surface area contributed by atoms with Crippen LogP contribution in [0.1, 0.15) is 23.6 Å². The highest BCUT2D eigenvalue weighted by molar-refractivity contribution is 5.68. The molecule has 0 bridgehead atoms. The number of hydrogen-bond donors (Lipinski definition) is 1. The van der Waals surface area contributed by atoms with Crippen molar-refractivity contribution in [2.75, 3.05) is 21.3 Å². The van der Waals surface area contributed by atoms with Crippen molar-refractivity contribution in [3.63, 3.8) is 0 Å². The average Bonchev–Trinajstić information content (AvgIpc) is 2.96. The number of rotatable bonds is 4. The molecule has 0 saturated carbocycles. The second-order valence-corrected chi connectivity index (χ2v) is 5.36. The molecule has 0 aromatic heterocycles. The zero-order chi connectivity index (χ0) is 14.8. The van der Waals surface area contributed by atoms with Gasteiger partial charge in [0.25, 0.3) is 0 Å². The summed E-state index contributed by atoms with van der Waals surface area (Å²) in [4.78, 5) is 0. The van der Waals surface area contributed by atoms with Gasteiger partial charge in [0.2, 0.25) is 0 Å². The van der Waals surface area contributed by atoms with E-state index < -0.39 is 0 Å². The fourth-order valence-corrected chi connectivity index (χ4v) is 3.11. The van der Waals surface area contributed by atoms with Gasteiger partial charge in [0.05, 0.1) is 14.2 Å². The minimum Gasteiger partial charge on any atom is -0.493 e. The molecule has 3 rings (SSSR count). The number of fused-ring (bicyclic) bond motifs is 1. The largest absolute Gasteiger partial charge is 0.493 e. The van der Waals surface area contributed by atoms with E-state index in [9.17, 15) is 0 Å². The standard InChI is InChI=1S/C18H21NO2/c1-19-16-8-5-14-10-12(4-7-15(14)16)13-6-9-17(20-2)18(11-13)21-3/h4,6-7,9-11,16,19H,5,8H2,1-3H3. The van der Waals surface area contributed by atoms with E-state index in [1.54, 1.807) is 14.2 Å². The van der Waals surface area contributed by atoms with Crippen molar-refractivity contribution < 1.29 is 9.47 Å². The van der Waals surface area contributed by atoms with Gasteiger partial charge in [0, 0.05) is 6.04 Å². The van der Waals surface area contributed by atoms with Crippen LogP contribution in [0.5, 0.6) is 11.5 Å². The molecule has 2 aromatic rings. The molecule has 0 fully saturated rings. The van der Waals surface area contributed by atoms with E-state index >= 15 is 0 Å². The molecule has 1 atom stereocenters. The van der Waals surface area contributed by atoms with E-state index in [0.717, 1.165) is 23.5 Å². The second-order valence-electron chi connectivity index (χ2n) is 5.36. The molecule has 0 heterocycles. The van der Waals surface area contributed by atoms with Crippen molar-refractivity contribution in [2.24, 2.45) is 0 Å². The summed E-state index contributed by atoms with van der Waals surface area (Å²) in [5, 5.41) is 3.38. The maximum absolute atomic E-state index is 5.39. The lowest BCUT2D eigenvalue weighted by atomic mass is 9.99. The molecule has 0 amide bonds. The highest BCUT2D eigenvalue weighted by atomic mass is 16.5. The first-order valence-electron chi connectivity index (χ1n) is 7.29. The lowest BCUT2D eigenvalue weighted by Gasteiger charge is -2.12. The van der Waals surface area contributed by atoms with Gasteiger partial charge >= 0.3 is 0 Å². The van der Waals surface area contributed by atoms with Gasteiger partial charge in [-0.25, -0.2) is 0 Å². The highest BCUT2D eigenvalue weighted by Crippen LogP contribution is 2.36. The van der Waals surface area contributed by atoms with Crippen LogP contribution >= 0.6 is 0 Å². The third-order valence-corrected chi connectivity index (χ3v) is 4.29. The lowest BCUT2D eigenvalue weighted by Crippen LogP contribution is -2.12. The molecule has 0 saturated heterocycles. The van der Waals surface area contributed by atoms with Crippen molar-refractivity contribution in [1.29, 1.82) is 0 Å². The molecule has 1 unspecified atom stereocenters. The van der Waals surface area contributed by atoms with Gasteiger partial charge in [-0.05, 0) is 54.3 Å². The summed E-state index contributed by atoms with van der Waals surface area (Å²) in [6.07, 6.45) is 2.32. The zero-order valence-electron chi connectivity index (χ0n) is 12.8. The molecule has 0 aliphatic heterocycles. The van der Waals surface area contributed by atoms with Gasteiger partial charge in [-0.15, -0.1) is 0 Å². The maximum Gasteiger partial charge on any atom is 0.161 e. The minimum atomic E-state index is 0.499. The first-order valence-corrected chi connectivity index (χ1v) is 7.29. The average molecular weight is 283 g/mol. The van der Waals surface area contributed by atoms with Crippen LogP contribution in [0, 0.1) is 0 Å². The molecule has 2 aromatic carbocycles. The Morgan fingerprint density at radius 2 is 1.67 bits per heavy atom. The second kappa shape index (κ2) is 5.78. The molecule has 21 heavy (non-hydrogen) atoms. The van der Waals surface area contributed by atoms with E-state index in [1.165, 1.54) is 23.1 Å². The number of ether oxygens (including phenoxy) is 2. The van der Waals surface area contributed by atoms with Gasteiger partial charge in [0.1, 0.15) is 0 Å². The number of methoxy groups -OCH3 is 2. The summed E-state index contributed by atoms with van der Waals surface area (Å²) < 4.78 is 10.7. The molecule has 3 nitrogen and oxygen atoms in total. The monoisotopic (exact) mass is 283 g/mol. The minimum absolute atomic E-state index is 0.499. The molecular weight excluding hydrogens is 262 g/mol. The maximum atomic E-state index is 5.39. The predicted octanol–water partition coefficient (Wildman–Crippen LogP) is 3.58. The third-order valence-electron chi connectivity index (χ3n) is 4.29. The Hall–Kier alpha value is -2.00. The van der Waals surface area contributed by atoms with Crippen LogP contribution in [0.15, 0.2) is 36.4 Å². The molecule has 3 heteroatoms. The quantitative estimate of drug-likeness (QED) is 0.930. The van der Waals surface area contributed by atoms with Crippen molar-refractivity contribution in [1.82, 2.24) is 5.32 Å². The molecule has 110 valence electrons. The van der Waals surface area contributed by atoms with Gasteiger partial charge in [-0.2, -0.15) is 0 Å². The van der Waals surface area contributed by atoms with Crippen molar-refractivity contribution >= 4 is 0 Å². The van der Waals surface area contributed by atoms with Crippen molar-refractivity contribution in [3.8, 4) is 22.6 Å². The summed E-state index contributed by atoms with van der Waals surface area (Å²) in [6, 6.07) is 13.3. The first kappa shape index (κ1) is 14.0. The normalized spacial score (nSPS) is 16.6.